The molecule has 1 saturated heterocycles. The van der Waals surface area contributed by atoms with Gasteiger partial charge >= 0.3 is 0 Å². The molecule has 9 heteroatoms. The van der Waals surface area contributed by atoms with E-state index in [4.69, 9.17) is 4.74 Å². The average molecular weight is 420 g/mol. The van der Waals surface area contributed by atoms with E-state index in [9.17, 15) is 18.5 Å². The Labute approximate surface area is 170 Å². The summed E-state index contributed by atoms with van der Waals surface area (Å²) in [6, 6.07) is 14.9. The standard InChI is InChI=1S/C20H25N3O5S/c24-23(25)19-8-4-5-9-20(19)29(26,27)22(18-10-12-21-13-11-18)14-15-28-16-17-6-2-1-3-7-17/h1-9,18,21H,10-16H2. The van der Waals surface area contributed by atoms with Crippen LogP contribution in [0.25, 0.3) is 0 Å². The molecule has 0 aliphatic carbocycles. The van der Waals surface area contributed by atoms with Crippen LogP contribution in [0.2, 0.25) is 0 Å². The van der Waals surface area contributed by atoms with Gasteiger partial charge in [-0.15, -0.1) is 0 Å². The van der Waals surface area contributed by atoms with Crippen molar-refractivity contribution in [2.75, 3.05) is 26.2 Å². The van der Waals surface area contributed by atoms with Crippen molar-refractivity contribution in [2.24, 2.45) is 0 Å². The topological polar surface area (TPSA) is 102 Å². The second-order valence-electron chi connectivity index (χ2n) is 6.86. The van der Waals surface area contributed by atoms with Gasteiger partial charge in [0.1, 0.15) is 0 Å². The number of piperidine rings is 1. The van der Waals surface area contributed by atoms with E-state index in [1.54, 1.807) is 0 Å². The largest absolute Gasteiger partial charge is 0.375 e. The van der Waals surface area contributed by atoms with Crippen molar-refractivity contribution in [1.29, 1.82) is 0 Å². The second-order valence-corrected chi connectivity index (χ2v) is 8.72. The number of sulfonamides is 1. The van der Waals surface area contributed by atoms with Crippen molar-refractivity contribution < 1.29 is 18.1 Å². The smallest absolute Gasteiger partial charge is 0.289 e. The molecule has 0 spiro atoms. The molecule has 0 saturated carbocycles. The summed E-state index contributed by atoms with van der Waals surface area (Å²) in [5.74, 6) is 0. The predicted molar refractivity (Wildman–Crippen MR) is 109 cm³/mol. The highest BCUT2D eigenvalue weighted by atomic mass is 32.2. The fourth-order valence-electron chi connectivity index (χ4n) is 3.46. The Morgan fingerprint density at radius 3 is 2.41 bits per heavy atom. The predicted octanol–water partition coefficient (Wildman–Crippen LogP) is 2.55. The Morgan fingerprint density at radius 1 is 1.07 bits per heavy atom. The Balaban J connectivity index is 1.78. The Morgan fingerprint density at radius 2 is 1.72 bits per heavy atom. The van der Waals surface area contributed by atoms with Crippen molar-refractivity contribution in [2.45, 2.75) is 30.4 Å². The van der Waals surface area contributed by atoms with Gasteiger partial charge in [0.05, 0.1) is 18.1 Å². The maximum Gasteiger partial charge on any atom is 0.289 e. The fourth-order valence-corrected chi connectivity index (χ4v) is 5.29. The third kappa shape index (κ3) is 5.39. The summed E-state index contributed by atoms with van der Waals surface area (Å²) < 4.78 is 33.8. The molecule has 0 radical (unpaired) electrons. The molecule has 29 heavy (non-hydrogen) atoms. The minimum Gasteiger partial charge on any atom is -0.375 e. The summed E-state index contributed by atoms with van der Waals surface area (Å²) in [5.41, 5.74) is 0.596. The first kappa shape index (κ1) is 21.4. The van der Waals surface area contributed by atoms with Crippen molar-refractivity contribution in [3.05, 3.63) is 70.3 Å². The number of para-hydroxylation sites is 1. The number of nitro benzene ring substituents is 1. The van der Waals surface area contributed by atoms with Crippen LogP contribution >= 0.6 is 0 Å². The first-order valence-electron chi connectivity index (χ1n) is 9.58. The Bertz CT molecular complexity index is 915. The van der Waals surface area contributed by atoms with Crippen LogP contribution < -0.4 is 5.32 Å². The third-order valence-corrected chi connectivity index (χ3v) is 6.93. The van der Waals surface area contributed by atoms with Gasteiger partial charge in [0.15, 0.2) is 4.90 Å². The third-order valence-electron chi connectivity index (χ3n) is 4.93. The molecule has 8 nitrogen and oxygen atoms in total. The van der Waals surface area contributed by atoms with Crippen LogP contribution in [0.5, 0.6) is 0 Å². The van der Waals surface area contributed by atoms with Gasteiger partial charge in [-0.05, 0) is 37.6 Å². The van der Waals surface area contributed by atoms with Crippen LogP contribution in [-0.2, 0) is 21.4 Å². The highest BCUT2D eigenvalue weighted by molar-refractivity contribution is 7.89. The number of nitrogens with zero attached hydrogens (tertiary/aromatic N) is 2. The lowest BCUT2D eigenvalue weighted by Gasteiger charge is -2.33. The second kappa shape index (κ2) is 9.93. The monoisotopic (exact) mass is 419 g/mol. The van der Waals surface area contributed by atoms with E-state index in [2.05, 4.69) is 5.32 Å². The zero-order valence-electron chi connectivity index (χ0n) is 16.1. The maximum atomic E-state index is 13.4. The molecule has 2 aromatic rings. The number of nitrogens with one attached hydrogen (secondary N) is 1. The number of benzene rings is 2. The first-order valence-corrected chi connectivity index (χ1v) is 11.0. The maximum absolute atomic E-state index is 13.4. The molecular formula is C20H25N3O5S. The number of ether oxygens (including phenoxy) is 1. The summed E-state index contributed by atoms with van der Waals surface area (Å²) >= 11 is 0. The molecule has 156 valence electrons. The van der Waals surface area contributed by atoms with E-state index in [1.165, 1.54) is 28.6 Å². The molecule has 1 fully saturated rings. The normalized spacial score (nSPS) is 15.5. The lowest BCUT2D eigenvalue weighted by Crippen LogP contribution is -2.47. The molecule has 1 heterocycles. The van der Waals surface area contributed by atoms with Gasteiger partial charge < -0.3 is 10.1 Å². The van der Waals surface area contributed by atoms with Crippen LogP contribution in [0.4, 0.5) is 5.69 Å². The summed E-state index contributed by atoms with van der Waals surface area (Å²) in [6.45, 7) is 2.15. The van der Waals surface area contributed by atoms with E-state index < -0.39 is 20.6 Å². The average Bonchev–Trinajstić information content (AvgIpc) is 2.75. The van der Waals surface area contributed by atoms with Crippen LogP contribution in [-0.4, -0.2) is 49.9 Å². The lowest BCUT2D eigenvalue weighted by atomic mass is 10.1. The van der Waals surface area contributed by atoms with E-state index in [0.717, 1.165) is 5.56 Å². The Hall–Kier alpha value is -2.33. The van der Waals surface area contributed by atoms with Crippen LogP contribution in [0.1, 0.15) is 18.4 Å². The molecule has 0 atom stereocenters. The van der Waals surface area contributed by atoms with Gasteiger partial charge in [0.25, 0.3) is 5.69 Å². The molecule has 3 rings (SSSR count). The molecule has 1 aliphatic heterocycles. The molecular weight excluding hydrogens is 394 g/mol. The van der Waals surface area contributed by atoms with Crippen molar-refractivity contribution in [3.63, 3.8) is 0 Å². The summed E-state index contributed by atoms with van der Waals surface area (Å²) in [6.07, 6.45) is 1.30. The lowest BCUT2D eigenvalue weighted by molar-refractivity contribution is -0.387. The van der Waals surface area contributed by atoms with E-state index in [1.807, 2.05) is 30.3 Å². The van der Waals surface area contributed by atoms with Gasteiger partial charge in [-0.3, -0.25) is 10.1 Å². The molecule has 0 unspecified atom stereocenters. The van der Waals surface area contributed by atoms with Crippen LogP contribution in [0.15, 0.2) is 59.5 Å². The molecule has 0 amide bonds. The van der Waals surface area contributed by atoms with E-state index >= 15 is 0 Å². The van der Waals surface area contributed by atoms with Crippen molar-refractivity contribution in [1.82, 2.24) is 9.62 Å². The zero-order chi connectivity index (χ0) is 20.7. The zero-order valence-corrected chi connectivity index (χ0v) is 16.9. The molecule has 1 aliphatic rings. The fraction of sp³-hybridized carbons (Fsp3) is 0.400. The highest BCUT2D eigenvalue weighted by Gasteiger charge is 2.36. The number of nitro groups is 1. The minimum atomic E-state index is -4.04. The van der Waals surface area contributed by atoms with Crippen molar-refractivity contribution >= 4 is 15.7 Å². The Kier molecular flexibility index (Phi) is 7.32. The minimum absolute atomic E-state index is 0.145. The number of hydrogen-bond acceptors (Lipinski definition) is 6. The number of hydrogen-bond donors (Lipinski definition) is 1. The summed E-state index contributed by atoms with van der Waals surface area (Å²) in [4.78, 5) is 10.4. The van der Waals surface area contributed by atoms with Crippen LogP contribution in [0, 0.1) is 10.1 Å². The highest BCUT2D eigenvalue weighted by Crippen LogP contribution is 2.29. The van der Waals surface area contributed by atoms with E-state index in [-0.39, 0.29) is 24.1 Å². The van der Waals surface area contributed by atoms with Gasteiger partial charge in [-0.1, -0.05) is 42.5 Å². The molecule has 0 bridgehead atoms. The summed E-state index contributed by atoms with van der Waals surface area (Å²) in [7, 11) is -4.04. The van der Waals surface area contributed by atoms with E-state index in [0.29, 0.717) is 32.5 Å². The number of rotatable bonds is 9. The van der Waals surface area contributed by atoms with Crippen molar-refractivity contribution in [3.8, 4) is 0 Å². The van der Waals surface area contributed by atoms with Gasteiger partial charge in [-0.2, -0.15) is 4.31 Å². The van der Waals surface area contributed by atoms with Gasteiger partial charge in [0, 0.05) is 18.7 Å². The molecule has 0 aromatic heterocycles. The van der Waals surface area contributed by atoms with Gasteiger partial charge in [0.2, 0.25) is 10.0 Å². The summed E-state index contributed by atoms with van der Waals surface area (Å²) in [5, 5.41) is 14.6. The quantitative estimate of drug-likeness (QED) is 0.381. The van der Waals surface area contributed by atoms with Crippen LogP contribution in [0.3, 0.4) is 0 Å². The van der Waals surface area contributed by atoms with Gasteiger partial charge in [-0.25, -0.2) is 8.42 Å². The first-order chi connectivity index (χ1) is 14.0. The molecule has 1 N–H and O–H groups in total. The molecule has 2 aromatic carbocycles. The SMILES string of the molecule is O=[N+]([O-])c1ccccc1S(=O)(=O)N(CCOCc1ccccc1)C1CCNCC1.